The standard InChI is InChI=1S/C28H33NO6S2/c1-6-36-11-9-35-28(31)24-16(2)29-19-12-17(23-8-7-10-37-23)13-20(30)26(19)25(24)18-14-21(32-3)27(34-5)22(15-18)33-4/h7-8,10,14-15,17,25,29H,6,9,11-13H2,1-5H3/t17-,25+/m0/s1. The summed E-state index contributed by atoms with van der Waals surface area (Å²) in [6, 6.07) is 7.72. The van der Waals surface area contributed by atoms with Gasteiger partial charge < -0.3 is 24.3 Å². The van der Waals surface area contributed by atoms with Gasteiger partial charge in [0.1, 0.15) is 6.61 Å². The van der Waals surface area contributed by atoms with E-state index in [1.54, 1.807) is 44.4 Å². The number of carbonyl (C=O) groups is 2. The van der Waals surface area contributed by atoms with E-state index in [2.05, 4.69) is 18.3 Å². The largest absolute Gasteiger partial charge is 0.493 e. The molecule has 0 fully saturated rings. The molecule has 7 nitrogen and oxygen atoms in total. The minimum absolute atomic E-state index is 0.0187. The number of thiophene rings is 1. The van der Waals surface area contributed by atoms with Crippen molar-refractivity contribution in [3.63, 3.8) is 0 Å². The third kappa shape index (κ3) is 5.52. The van der Waals surface area contributed by atoms with Crippen LogP contribution in [0.2, 0.25) is 0 Å². The smallest absolute Gasteiger partial charge is 0.336 e. The number of methoxy groups -OCH3 is 3. The minimum Gasteiger partial charge on any atom is -0.493 e. The molecular formula is C28H33NO6S2. The van der Waals surface area contributed by atoms with E-state index in [0.29, 0.717) is 64.9 Å². The molecule has 0 spiro atoms. The van der Waals surface area contributed by atoms with E-state index >= 15 is 0 Å². The lowest BCUT2D eigenvalue weighted by Crippen LogP contribution is -2.36. The van der Waals surface area contributed by atoms with Gasteiger partial charge in [0.2, 0.25) is 5.75 Å². The normalized spacial score (nSPS) is 19.3. The summed E-state index contributed by atoms with van der Waals surface area (Å²) in [5, 5.41) is 5.44. The van der Waals surface area contributed by atoms with Crippen molar-refractivity contribution in [1.82, 2.24) is 5.32 Å². The number of thioether (sulfide) groups is 1. The highest BCUT2D eigenvalue weighted by atomic mass is 32.2. The van der Waals surface area contributed by atoms with Gasteiger partial charge in [0.25, 0.3) is 0 Å². The fourth-order valence-corrected chi connectivity index (χ4v) is 6.37. The number of ketones is 1. The number of hydrogen-bond acceptors (Lipinski definition) is 9. The van der Waals surface area contributed by atoms with Crippen molar-refractivity contribution in [2.45, 2.75) is 38.5 Å². The first kappa shape index (κ1) is 27.1. The van der Waals surface area contributed by atoms with Gasteiger partial charge in [-0.2, -0.15) is 11.8 Å². The Morgan fingerprint density at radius 3 is 2.46 bits per heavy atom. The van der Waals surface area contributed by atoms with Crippen LogP contribution in [0.3, 0.4) is 0 Å². The van der Waals surface area contributed by atoms with Gasteiger partial charge in [-0.1, -0.05) is 13.0 Å². The van der Waals surface area contributed by atoms with Crippen molar-refractivity contribution >= 4 is 34.9 Å². The third-order valence-corrected chi connectivity index (χ3v) is 8.58. The average Bonchev–Trinajstić information content (AvgIpc) is 3.44. The van der Waals surface area contributed by atoms with Crippen LogP contribution in [0, 0.1) is 0 Å². The van der Waals surface area contributed by atoms with Gasteiger partial charge in [-0.3, -0.25) is 4.79 Å². The van der Waals surface area contributed by atoms with Crippen molar-refractivity contribution in [3.05, 3.63) is 62.6 Å². The number of allylic oxidation sites excluding steroid dienone is 3. The Kier molecular flexibility index (Phi) is 8.87. The molecule has 0 amide bonds. The lowest BCUT2D eigenvalue weighted by Gasteiger charge is -2.36. The maximum Gasteiger partial charge on any atom is 0.336 e. The summed E-state index contributed by atoms with van der Waals surface area (Å²) in [5.41, 5.74) is 3.27. The molecule has 2 aliphatic rings. The van der Waals surface area contributed by atoms with Crippen molar-refractivity contribution in [2.24, 2.45) is 0 Å². The van der Waals surface area contributed by atoms with Crippen LogP contribution in [-0.2, 0) is 14.3 Å². The Hall–Kier alpha value is -2.91. The van der Waals surface area contributed by atoms with Gasteiger partial charge >= 0.3 is 5.97 Å². The van der Waals surface area contributed by atoms with Crippen LogP contribution < -0.4 is 19.5 Å². The molecule has 2 heterocycles. The highest BCUT2D eigenvalue weighted by Gasteiger charge is 2.42. The Morgan fingerprint density at radius 2 is 1.86 bits per heavy atom. The molecular weight excluding hydrogens is 510 g/mol. The van der Waals surface area contributed by atoms with E-state index in [1.165, 1.54) is 4.88 Å². The predicted molar refractivity (Wildman–Crippen MR) is 147 cm³/mol. The fraction of sp³-hybridized carbons (Fsp3) is 0.429. The zero-order chi connectivity index (χ0) is 26.5. The monoisotopic (exact) mass is 543 g/mol. The van der Waals surface area contributed by atoms with Crippen molar-refractivity contribution in [1.29, 1.82) is 0 Å². The number of rotatable bonds is 10. The van der Waals surface area contributed by atoms with Crippen LogP contribution in [-0.4, -0.2) is 51.2 Å². The fourth-order valence-electron chi connectivity index (χ4n) is 5.05. The molecule has 2 aromatic rings. The molecule has 0 unspecified atom stereocenters. The van der Waals surface area contributed by atoms with Gasteiger partial charge in [-0.25, -0.2) is 4.79 Å². The van der Waals surface area contributed by atoms with E-state index in [4.69, 9.17) is 18.9 Å². The molecule has 1 aromatic carbocycles. The second-order valence-corrected chi connectivity index (χ2v) is 11.2. The number of Topliss-reactive ketones (excluding diaryl/α,β-unsaturated/α-hetero) is 1. The molecule has 0 radical (unpaired) electrons. The number of benzene rings is 1. The number of hydrogen-bond donors (Lipinski definition) is 1. The maximum absolute atomic E-state index is 13.8. The number of dihydropyridines is 1. The second-order valence-electron chi connectivity index (χ2n) is 8.82. The van der Waals surface area contributed by atoms with Crippen LogP contribution >= 0.6 is 23.1 Å². The number of esters is 1. The zero-order valence-electron chi connectivity index (χ0n) is 21.8. The van der Waals surface area contributed by atoms with E-state index in [1.807, 2.05) is 30.5 Å². The highest BCUT2D eigenvalue weighted by molar-refractivity contribution is 7.99. The van der Waals surface area contributed by atoms with Gasteiger partial charge in [-0.15, -0.1) is 11.3 Å². The molecule has 1 aliphatic heterocycles. The minimum atomic E-state index is -0.618. The van der Waals surface area contributed by atoms with E-state index in [0.717, 1.165) is 11.4 Å². The Bertz CT molecular complexity index is 1190. The molecule has 0 bridgehead atoms. The van der Waals surface area contributed by atoms with Crippen molar-refractivity contribution in [3.8, 4) is 17.2 Å². The molecule has 0 saturated carbocycles. The number of carbonyl (C=O) groups excluding carboxylic acids is 2. The quantitative estimate of drug-likeness (QED) is 0.314. The van der Waals surface area contributed by atoms with Crippen molar-refractivity contribution in [2.75, 3.05) is 39.4 Å². The number of nitrogens with one attached hydrogen (secondary N) is 1. The average molecular weight is 544 g/mol. The molecule has 1 aliphatic carbocycles. The lowest BCUT2D eigenvalue weighted by molar-refractivity contribution is -0.138. The lowest BCUT2D eigenvalue weighted by atomic mass is 9.72. The zero-order valence-corrected chi connectivity index (χ0v) is 23.5. The van der Waals surface area contributed by atoms with Gasteiger partial charge in [0.05, 0.1) is 26.9 Å². The Labute approximate surface area is 226 Å². The molecule has 37 heavy (non-hydrogen) atoms. The summed E-state index contributed by atoms with van der Waals surface area (Å²) in [5.74, 6) is 2.11. The van der Waals surface area contributed by atoms with Gasteiger partial charge in [0, 0.05) is 45.9 Å². The highest BCUT2D eigenvalue weighted by Crippen LogP contribution is 2.49. The van der Waals surface area contributed by atoms with E-state index in [-0.39, 0.29) is 11.7 Å². The SMILES string of the molecule is CCSCCOC(=O)C1=C(C)NC2=C(C(=O)C[C@@H](c3cccs3)C2)[C@@H]1c1cc(OC)c(OC)c(OC)c1. The molecule has 1 N–H and O–H groups in total. The van der Waals surface area contributed by atoms with Crippen LogP contribution in [0.25, 0.3) is 0 Å². The summed E-state index contributed by atoms with van der Waals surface area (Å²) in [6.45, 7) is 4.23. The Balaban J connectivity index is 1.82. The van der Waals surface area contributed by atoms with Gasteiger partial charge in [0.15, 0.2) is 17.3 Å². The summed E-state index contributed by atoms with van der Waals surface area (Å²) >= 11 is 3.37. The Morgan fingerprint density at radius 1 is 1.14 bits per heavy atom. The van der Waals surface area contributed by atoms with E-state index < -0.39 is 11.9 Å². The number of ether oxygens (including phenoxy) is 4. The van der Waals surface area contributed by atoms with Gasteiger partial charge in [-0.05, 0) is 48.2 Å². The molecule has 4 rings (SSSR count). The first-order valence-electron chi connectivity index (χ1n) is 12.3. The summed E-state index contributed by atoms with van der Waals surface area (Å²) in [4.78, 5) is 28.4. The molecule has 0 saturated heterocycles. The van der Waals surface area contributed by atoms with Crippen LogP contribution in [0.5, 0.6) is 17.2 Å². The summed E-state index contributed by atoms with van der Waals surface area (Å²) in [7, 11) is 4.64. The second kappa shape index (κ2) is 12.1. The topological polar surface area (TPSA) is 83.1 Å². The first-order valence-corrected chi connectivity index (χ1v) is 14.3. The summed E-state index contributed by atoms with van der Waals surface area (Å²) < 4.78 is 22.4. The molecule has 1 aromatic heterocycles. The molecule has 9 heteroatoms. The first-order chi connectivity index (χ1) is 17.9. The summed E-state index contributed by atoms with van der Waals surface area (Å²) in [6.07, 6.45) is 1.08. The third-order valence-electron chi connectivity index (χ3n) is 6.68. The predicted octanol–water partition coefficient (Wildman–Crippen LogP) is 5.43. The maximum atomic E-state index is 13.8. The van der Waals surface area contributed by atoms with E-state index in [9.17, 15) is 9.59 Å². The van der Waals surface area contributed by atoms with Crippen molar-refractivity contribution < 1.29 is 28.5 Å². The van der Waals surface area contributed by atoms with Crippen LogP contribution in [0.1, 0.15) is 49.0 Å². The van der Waals surface area contributed by atoms with Crippen LogP contribution in [0.15, 0.2) is 52.2 Å². The molecule has 198 valence electrons. The molecule has 2 atom stereocenters. The van der Waals surface area contributed by atoms with Crippen LogP contribution in [0.4, 0.5) is 0 Å².